The third kappa shape index (κ3) is 4.94. The van der Waals surface area contributed by atoms with Gasteiger partial charge in [0.15, 0.2) is 0 Å². The van der Waals surface area contributed by atoms with Crippen LogP contribution >= 0.6 is 0 Å². The van der Waals surface area contributed by atoms with Gasteiger partial charge in [0.05, 0.1) is 13.2 Å². The molecule has 0 saturated carbocycles. The molecule has 0 bridgehead atoms. The number of rotatable bonds is 8. The summed E-state index contributed by atoms with van der Waals surface area (Å²) >= 11 is 0. The number of likely N-dealkylation sites (tertiary alicyclic amines) is 1. The van der Waals surface area contributed by atoms with Crippen molar-refractivity contribution in [3.8, 4) is 5.75 Å². The van der Waals surface area contributed by atoms with Gasteiger partial charge in [-0.05, 0) is 38.4 Å². The number of nitrogens with zero attached hydrogens (tertiary/aromatic N) is 2. The summed E-state index contributed by atoms with van der Waals surface area (Å²) in [6, 6.07) is 8.29. The van der Waals surface area contributed by atoms with E-state index in [-0.39, 0.29) is 11.9 Å². The molecule has 1 amide bonds. The summed E-state index contributed by atoms with van der Waals surface area (Å²) < 4.78 is 5.40. The van der Waals surface area contributed by atoms with Crippen LogP contribution in [-0.2, 0) is 11.2 Å². The molecule has 2 rings (SSSR count). The average molecular weight is 320 g/mol. The van der Waals surface area contributed by atoms with Crippen LogP contribution in [0, 0.1) is 0 Å². The van der Waals surface area contributed by atoms with Crippen LogP contribution in [0.15, 0.2) is 24.3 Å². The van der Waals surface area contributed by atoms with E-state index in [1.807, 2.05) is 25.2 Å². The van der Waals surface area contributed by atoms with Crippen molar-refractivity contribution in [2.24, 2.45) is 0 Å². The summed E-state index contributed by atoms with van der Waals surface area (Å²) in [4.78, 5) is 15.5. The topological polar surface area (TPSA) is 53.0 Å². The second-order valence-electron chi connectivity index (χ2n) is 6.40. The maximum atomic E-state index is 11.6. The zero-order valence-electron chi connectivity index (χ0n) is 14.4. The Morgan fingerprint density at radius 3 is 2.78 bits per heavy atom. The van der Waals surface area contributed by atoms with Gasteiger partial charge in [0, 0.05) is 32.1 Å². The lowest BCUT2D eigenvalue weighted by Gasteiger charge is -2.29. The number of aliphatic hydroxyl groups is 1. The fourth-order valence-electron chi connectivity index (χ4n) is 3.07. The monoisotopic (exact) mass is 320 g/mol. The van der Waals surface area contributed by atoms with Gasteiger partial charge in [-0.2, -0.15) is 0 Å². The molecule has 1 heterocycles. The number of aliphatic hydroxyl groups excluding tert-OH is 1. The van der Waals surface area contributed by atoms with Crippen molar-refractivity contribution in [1.82, 2.24) is 9.80 Å². The average Bonchev–Trinajstić information content (AvgIpc) is 2.92. The Kier molecular flexibility index (Phi) is 6.42. The minimum Gasteiger partial charge on any atom is -0.496 e. The molecule has 0 aromatic heterocycles. The standard InChI is InChI=1S/C18H28N2O3/c1-14(11-15-7-4-5-8-17(15)23-3)19(2)12-16(21)13-20-10-6-9-18(20)22/h4-5,7-8,14,16,21H,6,9-13H2,1-3H3. The first-order valence-corrected chi connectivity index (χ1v) is 8.29. The number of hydrogen-bond acceptors (Lipinski definition) is 4. The van der Waals surface area contributed by atoms with Crippen molar-refractivity contribution in [2.75, 3.05) is 33.8 Å². The number of carbonyl (C=O) groups is 1. The second-order valence-corrected chi connectivity index (χ2v) is 6.40. The van der Waals surface area contributed by atoms with E-state index in [9.17, 15) is 9.90 Å². The first-order valence-electron chi connectivity index (χ1n) is 8.29. The van der Waals surface area contributed by atoms with Crippen molar-refractivity contribution in [3.05, 3.63) is 29.8 Å². The van der Waals surface area contributed by atoms with Crippen molar-refractivity contribution < 1.29 is 14.6 Å². The Labute approximate surface area is 138 Å². The number of carbonyl (C=O) groups excluding carboxylic acids is 1. The van der Waals surface area contributed by atoms with Crippen LogP contribution in [-0.4, -0.2) is 66.8 Å². The molecular formula is C18H28N2O3. The minimum absolute atomic E-state index is 0.161. The van der Waals surface area contributed by atoms with Crippen molar-refractivity contribution in [1.29, 1.82) is 0 Å². The highest BCUT2D eigenvalue weighted by Gasteiger charge is 2.24. The third-order valence-electron chi connectivity index (χ3n) is 4.56. The molecule has 1 aromatic rings. The van der Waals surface area contributed by atoms with E-state index in [1.54, 1.807) is 12.0 Å². The number of ether oxygens (including phenoxy) is 1. The van der Waals surface area contributed by atoms with Gasteiger partial charge < -0.3 is 19.6 Å². The molecule has 1 saturated heterocycles. The fraction of sp³-hybridized carbons (Fsp3) is 0.611. The predicted octanol–water partition coefficient (Wildman–Crippen LogP) is 1.54. The number of amides is 1. The number of β-amino-alcohol motifs (C(OH)–C–C–N with tert-alkyl or cyclic N) is 1. The Hall–Kier alpha value is -1.59. The van der Waals surface area contributed by atoms with Crippen LogP contribution in [0.25, 0.3) is 0 Å². The van der Waals surface area contributed by atoms with Gasteiger partial charge in [-0.1, -0.05) is 18.2 Å². The highest BCUT2D eigenvalue weighted by molar-refractivity contribution is 5.78. The quantitative estimate of drug-likeness (QED) is 0.789. The molecule has 0 radical (unpaired) electrons. The molecule has 1 aromatic carbocycles. The molecule has 1 aliphatic heterocycles. The normalized spacial score (nSPS) is 17.6. The minimum atomic E-state index is -0.512. The second kappa shape index (κ2) is 8.31. The lowest BCUT2D eigenvalue weighted by Crippen LogP contribution is -2.42. The van der Waals surface area contributed by atoms with E-state index in [2.05, 4.69) is 17.9 Å². The Bertz CT molecular complexity index is 521. The molecule has 2 atom stereocenters. The highest BCUT2D eigenvalue weighted by Crippen LogP contribution is 2.20. The van der Waals surface area contributed by atoms with Gasteiger partial charge >= 0.3 is 0 Å². The molecule has 2 unspecified atom stereocenters. The lowest BCUT2D eigenvalue weighted by molar-refractivity contribution is -0.129. The van der Waals surface area contributed by atoms with Gasteiger partial charge in [-0.3, -0.25) is 4.79 Å². The molecule has 23 heavy (non-hydrogen) atoms. The van der Waals surface area contributed by atoms with Gasteiger partial charge in [0.25, 0.3) is 0 Å². The summed E-state index contributed by atoms with van der Waals surface area (Å²) in [7, 11) is 3.69. The fourth-order valence-corrected chi connectivity index (χ4v) is 3.07. The SMILES string of the molecule is COc1ccccc1CC(C)N(C)CC(O)CN1CCCC1=O. The van der Waals surface area contributed by atoms with Crippen molar-refractivity contribution in [3.63, 3.8) is 0 Å². The Balaban J connectivity index is 1.84. The van der Waals surface area contributed by atoms with Crippen LogP contribution in [0.1, 0.15) is 25.3 Å². The van der Waals surface area contributed by atoms with Crippen molar-refractivity contribution in [2.45, 2.75) is 38.3 Å². The predicted molar refractivity (Wildman–Crippen MR) is 90.6 cm³/mol. The molecular weight excluding hydrogens is 292 g/mol. The summed E-state index contributed by atoms with van der Waals surface area (Å²) in [5, 5.41) is 10.3. The zero-order chi connectivity index (χ0) is 16.8. The number of hydrogen-bond donors (Lipinski definition) is 1. The highest BCUT2D eigenvalue weighted by atomic mass is 16.5. The van der Waals surface area contributed by atoms with Crippen LogP contribution < -0.4 is 4.74 Å². The summed E-state index contributed by atoms with van der Waals surface area (Å²) in [6.07, 6.45) is 1.87. The van der Waals surface area contributed by atoms with E-state index in [0.29, 0.717) is 19.5 Å². The van der Waals surface area contributed by atoms with Crippen LogP contribution in [0.4, 0.5) is 0 Å². The maximum Gasteiger partial charge on any atom is 0.222 e. The van der Waals surface area contributed by atoms with Crippen LogP contribution in [0.5, 0.6) is 5.75 Å². The summed E-state index contributed by atoms with van der Waals surface area (Å²) in [5.74, 6) is 1.06. The number of para-hydroxylation sites is 1. The third-order valence-corrected chi connectivity index (χ3v) is 4.56. The first-order chi connectivity index (χ1) is 11.0. The Morgan fingerprint density at radius 2 is 2.13 bits per heavy atom. The molecule has 1 fully saturated rings. The smallest absolute Gasteiger partial charge is 0.222 e. The molecule has 5 heteroatoms. The van der Waals surface area contributed by atoms with Gasteiger partial charge in [-0.25, -0.2) is 0 Å². The summed E-state index contributed by atoms with van der Waals surface area (Å²) in [5.41, 5.74) is 1.17. The van der Waals surface area contributed by atoms with E-state index < -0.39 is 6.10 Å². The Morgan fingerprint density at radius 1 is 1.39 bits per heavy atom. The lowest BCUT2D eigenvalue weighted by atomic mass is 10.0. The largest absolute Gasteiger partial charge is 0.496 e. The molecule has 128 valence electrons. The number of likely N-dealkylation sites (N-methyl/N-ethyl adjacent to an activating group) is 1. The molecule has 5 nitrogen and oxygen atoms in total. The molecule has 1 aliphatic rings. The zero-order valence-corrected chi connectivity index (χ0v) is 14.4. The van der Waals surface area contributed by atoms with Crippen LogP contribution in [0.2, 0.25) is 0 Å². The van der Waals surface area contributed by atoms with E-state index >= 15 is 0 Å². The van der Waals surface area contributed by atoms with E-state index in [0.717, 1.165) is 25.1 Å². The molecule has 0 aliphatic carbocycles. The van der Waals surface area contributed by atoms with E-state index in [4.69, 9.17) is 4.74 Å². The van der Waals surface area contributed by atoms with E-state index in [1.165, 1.54) is 5.56 Å². The number of methoxy groups -OCH3 is 1. The van der Waals surface area contributed by atoms with Crippen molar-refractivity contribution >= 4 is 5.91 Å². The molecule has 0 spiro atoms. The first kappa shape index (κ1) is 17.8. The molecule has 1 N–H and O–H groups in total. The number of benzene rings is 1. The van der Waals surface area contributed by atoms with Gasteiger partial charge in [0.1, 0.15) is 5.75 Å². The summed E-state index contributed by atoms with van der Waals surface area (Å²) in [6.45, 7) is 3.90. The maximum absolute atomic E-state index is 11.6. The van der Waals surface area contributed by atoms with Gasteiger partial charge in [-0.15, -0.1) is 0 Å². The van der Waals surface area contributed by atoms with Crippen LogP contribution in [0.3, 0.4) is 0 Å². The van der Waals surface area contributed by atoms with Gasteiger partial charge in [0.2, 0.25) is 5.91 Å².